The van der Waals surface area contributed by atoms with Crippen LogP contribution in [0.3, 0.4) is 0 Å². The van der Waals surface area contributed by atoms with Crippen LogP contribution in [0.5, 0.6) is 34.5 Å². The minimum atomic E-state index is -2.00. The summed E-state index contributed by atoms with van der Waals surface area (Å²) in [6.07, 6.45) is 0.232. The van der Waals surface area contributed by atoms with Gasteiger partial charge in [0.15, 0.2) is 17.2 Å². The zero-order chi connectivity index (χ0) is 31.4. The number of ketones is 2. The first-order valence-corrected chi connectivity index (χ1v) is 13.7. The second-order valence-corrected chi connectivity index (χ2v) is 10.7. The number of benzene rings is 2. The van der Waals surface area contributed by atoms with Gasteiger partial charge in [0.25, 0.3) is 0 Å². The first-order valence-electron chi connectivity index (χ1n) is 13.4. The van der Waals surface area contributed by atoms with Gasteiger partial charge in [-0.2, -0.15) is 0 Å². The molecule has 43 heavy (non-hydrogen) atoms. The first kappa shape index (κ1) is 30.1. The number of ether oxygens (including phenoxy) is 7. The number of dihydropyridines is 1. The number of nitrogens with one attached hydrogen (secondary N) is 1. The lowest BCUT2D eigenvalue weighted by molar-refractivity contribution is -0.136. The van der Waals surface area contributed by atoms with Gasteiger partial charge in [-0.05, 0) is 19.4 Å². The van der Waals surface area contributed by atoms with Gasteiger partial charge in [-0.25, -0.2) is 4.79 Å². The number of hydrogen-bond acceptors (Lipinski definition) is 11. The Labute approximate surface area is 253 Å². The Bertz CT molecular complexity index is 1630. The molecule has 1 aliphatic carbocycles. The number of rotatable bonds is 7. The van der Waals surface area contributed by atoms with E-state index in [2.05, 4.69) is 5.32 Å². The van der Waals surface area contributed by atoms with Gasteiger partial charge in [-0.3, -0.25) is 9.59 Å². The smallest absolute Gasteiger partial charge is 0.336 e. The van der Waals surface area contributed by atoms with Crippen LogP contribution in [-0.2, 0) is 14.3 Å². The Morgan fingerprint density at radius 2 is 1.47 bits per heavy atom. The van der Waals surface area contributed by atoms with Crippen molar-refractivity contribution in [2.75, 3.05) is 42.7 Å². The Kier molecular flexibility index (Phi) is 7.72. The van der Waals surface area contributed by atoms with E-state index in [-0.39, 0.29) is 45.4 Å². The van der Waals surface area contributed by atoms with Gasteiger partial charge in [0.05, 0.1) is 54.1 Å². The summed E-state index contributed by atoms with van der Waals surface area (Å²) >= 11 is 6.61. The minimum absolute atomic E-state index is 0.00366. The topological polar surface area (TPSA) is 128 Å². The third-order valence-corrected chi connectivity index (χ3v) is 8.66. The number of carbonyl (C=O) groups is 3. The summed E-state index contributed by atoms with van der Waals surface area (Å²) < 4.78 is 39.1. The van der Waals surface area contributed by atoms with E-state index in [4.69, 9.17) is 44.8 Å². The maximum atomic E-state index is 14.9. The van der Waals surface area contributed by atoms with E-state index in [0.29, 0.717) is 34.2 Å². The minimum Gasteiger partial charge on any atom is -0.496 e. The Hall–Kier alpha value is -4.38. The monoisotopic (exact) mass is 613 g/mol. The molecule has 2 aliphatic heterocycles. The van der Waals surface area contributed by atoms with E-state index < -0.39 is 35.0 Å². The van der Waals surface area contributed by atoms with Gasteiger partial charge in [-0.1, -0.05) is 18.5 Å². The first-order chi connectivity index (χ1) is 20.5. The van der Waals surface area contributed by atoms with Crippen LogP contribution >= 0.6 is 11.6 Å². The molecule has 2 heterocycles. The highest BCUT2D eigenvalue weighted by molar-refractivity contribution is 6.36. The summed E-state index contributed by atoms with van der Waals surface area (Å²) in [4.78, 5) is 42.6. The summed E-state index contributed by atoms with van der Waals surface area (Å²) in [6, 6.07) is 4.73. The molecule has 3 aliphatic rings. The summed E-state index contributed by atoms with van der Waals surface area (Å²) in [5.74, 6) is -2.15. The van der Waals surface area contributed by atoms with Crippen molar-refractivity contribution in [3.8, 4) is 34.5 Å². The lowest BCUT2D eigenvalue weighted by atomic mass is 9.65. The fraction of sp³-hybridized carbons (Fsp3) is 0.387. The number of allylic oxidation sites excluding steroid dienone is 2. The van der Waals surface area contributed by atoms with E-state index in [0.717, 1.165) is 0 Å². The molecule has 2 aromatic carbocycles. The Morgan fingerprint density at radius 1 is 0.884 bits per heavy atom. The summed E-state index contributed by atoms with van der Waals surface area (Å²) in [6.45, 7) is 3.48. The number of halogens is 1. The van der Waals surface area contributed by atoms with Crippen molar-refractivity contribution in [3.05, 3.63) is 56.9 Å². The average Bonchev–Trinajstić information content (AvgIpc) is 3.33. The van der Waals surface area contributed by atoms with Crippen LogP contribution in [0.4, 0.5) is 0 Å². The highest BCUT2D eigenvalue weighted by Crippen LogP contribution is 2.57. The third-order valence-electron chi connectivity index (χ3n) is 8.30. The van der Waals surface area contributed by atoms with Crippen molar-refractivity contribution in [2.24, 2.45) is 5.92 Å². The van der Waals surface area contributed by atoms with Crippen molar-refractivity contribution in [1.29, 1.82) is 0 Å². The lowest BCUT2D eigenvalue weighted by Crippen LogP contribution is -2.58. The summed E-state index contributed by atoms with van der Waals surface area (Å²) in [5, 5.41) is 3.27. The molecule has 5 rings (SSSR count). The number of Topliss-reactive ketones (excluding diaryl/α,β-unsaturated/α-hetero) is 2. The fourth-order valence-electron chi connectivity index (χ4n) is 6.24. The maximum absolute atomic E-state index is 14.9. The van der Waals surface area contributed by atoms with Crippen molar-refractivity contribution in [3.63, 3.8) is 0 Å². The maximum Gasteiger partial charge on any atom is 0.336 e. The van der Waals surface area contributed by atoms with E-state index in [9.17, 15) is 14.4 Å². The molecule has 1 N–H and O–H groups in total. The summed E-state index contributed by atoms with van der Waals surface area (Å²) in [7, 11) is 8.49. The molecule has 2 aromatic rings. The van der Waals surface area contributed by atoms with Crippen LogP contribution in [-0.4, -0.2) is 65.8 Å². The number of methoxy groups -OCH3 is 6. The van der Waals surface area contributed by atoms with Crippen LogP contribution in [0.2, 0.25) is 5.02 Å². The predicted octanol–water partition coefficient (Wildman–Crippen LogP) is 4.39. The molecule has 0 saturated heterocycles. The molecule has 0 bridgehead atoms. The summed E-state index contributed by atoms with van der Waals surface area (Å²) in [5.41, 5.74) is -0.199. The quantitative estimate of drug-likeness (QED) is 0.353. The second kappa shape index (κ2) is 11.0. The molecule has 11 nitrogen and oxygen atoms in total. The van der Waals surface area contributed by atoms with E-state index >= 15 is 0 Å². The Morgan fingerprint density at radius 3 is 2.05 bits per heavy atom. The van der Waals surface area contributed by atoms with E-state index in [1.165, 1.54) is 48.7 Å². The molecule has 0 radical (unpaired) electrons. The number of fused-ring (bicyclic) bond motifs is 1. The van der Waals surface area contributed by atoms with Crippen molar-refractivity contribution < 1.29 is 47.5 Å². The van der Waals surface area contributed by atoms with Gasteiger partial charge in [-0.15, -0.1) is 0 Å². The zero-order valence-corrected chi connectivity index (χ0v) is 25.8. The van der Waals surface area contributed by atoms with Crippen LogP contribution in [0, 0.1) is 5.92 Å². The standard InChI is InChI=1S/C31H32ClNO10/c1-13-9-16-24(28(34)31(13)29(35)25-20(40-6)12-21(41-7)26(32)27(25)43-31)23(22(14(2)33-16)30(36)42-8)15-10-18(38-4)19(39-5)11-17(15)37-3/h10-13,23,33H,9H2,1-8H3. The largest absolute Gasteiger partial charge is 0.496 e. The zero-order valence-electron chi connectivity index (χ0n) is 25.1. The SMILES string of the molecule is COC(=O)C1=C(C)NC2=C(C(=O)C3(Oc4c(Cl)c(OC)cc(OC)c4C3=O)C(C)C2)C1c1cc(OC)c(OC)cc1OC. The van der Waals surface area contributed by atoms with Crippen molar-refractivity contribution >= 4 is 29.1 Å². The van der Waals surface area contributed by atoms with Gasteiger partial charge in [0, 0.05) is 40.6 Å². The van der Waals surface area contributed by atoms with Gasteiger partial charge >= 0.3 is 5.97 Å². The number of hydrogen-bond donors (Lipinski definition) is 1. The second-order valence-electron chi connectivity index (χ2n) is 10.3. The lowest BCUT2D eigenvalue weighted by Gasteiger charge is -2.42. The Balaban J connectivity index is 1.77. The molecular formula is C31H32ClNO10. The molecule has 0 saturated carbocycles. The highest BCUT2D eigenvalue weighted by atomic mass is 35.5. The molecule has 0 aromatic heterocycles. The molecular weight excluding hydrogens is 582 g/mol. The van der Waals surface area contributed by atoms with Gasteiger partial charge in [0.2, 0.25) is 17.2 Å². The average molecular weight is 614 g/mol. The third kappa shape index (κ3) is 4.20. The molecule has 3 unspecified atom stereocenters. The van der Waals surface area contributed by atoms with Crippen LogP contribution < -0.4 is 33.7 Å². The van der Waals surface area contributed by atoms with Crippen LogP contribution in [0.15, 0.2) is 40.7 Å². The van der Waals surface area contributed by atoms with Gasteiger partial charge < -0.3 is 38.5 Å². The molecule has 0 fully saturated rings. The van der Waals surface area contributed by atoms with Gasteiger partial charge in [0.1, 0.15) is 27.8 Å². The van der Waals surface area contributed by atoms with Crippen LogP contribution in [0.1, 0.15) is 42.1 Å². The van der Waals surface area contributed by atoms with Crippen molar-refractivity contribution in [2.45, 2.75) is 31.8 Å². The fourth-order valence-corrected chi connectivity index (χ4v) is 6.51. The molecule has 1 spiro atoms. The molecule has 0 amide bonds. The molecule has 228 valence electrons. The van der Waals surface area contributed by atoms with E-state index in [1.54, 1.807) is 26.0 Å². The molecule has 12 heteroatoms. The molecule has 3 atom stereocenters. The highest BCUT2D eigenvalue weighted by Gasteiger charge is 2.64. The number of carbonyl (C=O) groups excluding carboxylic acids is 3. The number of esters is 1. The van der Waals surface area contributed by atoms with Crippen molar-refractivity contribution in [1.82, 2.24) is 5.32 Å². The predicted molar refractivity (Wildman–Crippen MR) is 155 cm³/mol. The normalized spacial score (nSPS) is 22.4. The van der Waals surface area contributed by atoms with E-state index in [1.807, 2.05) is 0 Å². The van der Waals surface area contributed by atoms with Crippen LogP contribution in [0.25, 0.3) is 0 Å².